The molecule has 0 saturated carbocycles. The number of aromatic nitrogens is 1. The normalized spacial score (nSPS) is 14.4. The highest BCUT2D eigenvalue weighted by Crippen LogP contribution is 2.15. The number of piperazine rings is 1. The molecule has 2 N–H and O–H groups in total. The zero-order valence-electron chi connectivity index (χ0n) is 15.9. The monoisotopic (exact) mass is 381 g/mol. The van der Waals surface area contributed by atoms with E-state index in [4.69, 9.17) is 0 Å². The first-order valence-electron chi connectivity index (χ1n) is 9.05. The first kappa shape index (κ1) is 19.5. The average Bonchev–Trinajstić information content (AvgIpc) is 2.68. The van der Waals surface area contributed by atoms with Crippen LogP contribution in [0.25, 0.3) is 0 Å². The van der Waals surface area contributed by atoms with Gasteiger partial charge in [-0.1, -0.05) is 0 Å². The summed E-state index contributed by atoms with van der Waals surface area (Å²) >= 11 is 0. The van der Waals surface area contributed by atoms with E-state index in [9.17, 15) is 14.4 Å². The fourth-order valence-electron chi connectivity index (χ4n) is 2.91. The van der Waals surface area contributed by atoms with Crippen molar-refractivity contribution in [1.29, 1.82) is 0 Å². The van der Waals surface area contributed by atoms with Gasteiger partial charge in [-0.05, 0) is 43.4 Å². The van der Waals surface area contributed by atoms with E-state index in [-0.39, 0.29) is 17.7 Å². The van der Waals surface area contributed by atoms with Gasteiger partial charge in [0.2, 0.25) is 5.91 Å². The minimum atomic E-state index is -0.327. The lowest BCUT2D eigenvalue weighted by Crippen LogP contribution is -2.47. The van der Waals surface area contributed by atoms with Gasteiger partial charge in [-0.3, -0.25) is 14.4 Å². The van der Waals surface area contributed by atoms with Crippen LogP contribution in [0.5, 0.6) is 0 Å². The number of anilines is 2. The van der Waals surface area contributed by atoms with Crippen LogP contribution in [0.15, 0.2) is 42.6 Å². The van der Waals surface area contributed by atoms with Gasteiger partial charge in [0.15, 0.2) is 0 Å². The van der Waals surface area contributed by atoms with Crippen LogP contribution in [0.2, 0.25) is 0 Å². The number of benzene rings is 1. The number of rotatable bonds is 4. The highest BCUT2D eigenvalue weighted by Gasteiger charge is 2.20. The van der Waals surface area contributed by atoms with Crippen LogP contribution in [0.4, 0.5) is 11.5 Å². The predicted molar refractivity (Wildman–Crippen MR) is 106 cm³/mol. The maximum absolute atomic E-state index is 12.6. The molecule has 1 saturated heterocycles. The van der Waals surface area contributed by atoms with E-state index in [0.29, 0.717) is 35.7 Å². The van der Waals surface area contributed by atoms with E-state index >= 15 is 0 Å². The second kappa shape index (κ2) is 8.62. The molecular weight excluding hydrogens is 358 g/mol. The van der Waals surface area contributed by atoms with Crippen molar-refractivity contribution in [2.75, 3.05) is 43.9 Å². The molecule has 8 nitrogen and oxygen atoms in total. The highest BCUT2D eigenvalue weighted by molar-refractivity contribution is 6.05. The van der Waals surface area contributed by atoms with E-state index in [1.165, 1.54) is 19.2 Å². The minimum Gasteiger partial charge on any atom is -0.336 e. The maximum Gasteiger partial charge on any atom is 0.255 e. The molecule has 2 aromatic rings. The number of carbonyl (C=O) groups is 3. The summed E-state index contributed by atoms with van der Waals surface area (Å²) in [4.78, 5) is 44.1. The number of hydrogen-bond donors (Lipinski definition) is 2. The summed E-state index contributed by atoms with van der Waals surface area (Å²) < 4.78 is 0. The Balaban J connectivity index is 1.63. The van der Waals surface area contributed by atoms with Crippen LogP contribution < -0.4 is 10.6 Å². The molecule has 8 heteroatoms. The average molecular weight is 381 g/mol. The van der Waals surface area contributed by atoms with Gasteiger partial charge in [-0.15, -0.1) is 0 Å². The number of pyridine rings is 1. The van der Waals surface area contributed by atoms with Crippen molar-refractivity contribution in [1.82, 2.24) is 14.8 Å². The first-order valence-corrected chi connectivity index (χ1v) is 9.05. The topological polar surface area (TPSA) is 94.6 Å². The molecule has 0 bridgehead atoms. The standard InChI is InChI=1S/C20H23N5O3/c1-14(26)22-18-13-16(7-8-21-18)19(27)23-17-5-3-15(4-6-17)20(28)25-11-9-24(2)10-12-25/h3-8,13H,9-12H2,1-2H3,(H,23,27)(H,21,22,26). The first-order chi connectivity index (χ1) is 13.4. The summed E-state index contributed by atoms with van der Waals surface area (Å²) in [5, 5.41) is 5.32. The minimum absolute atomic E-state index is 0.0000549. The van der Waals surface area contributed by atoms with Gasteiger partial charge in [0, 0.05) is 56.1 Å². The Morgan fingerprint density at radius 1 is 0.929 bits per heavy atom. The number of nitrogens with zero attached hydrogens (tertiary/aromatic N) is 3. The molecule has 0 unspecified atom stereocenters. The van der Waals surface area contributed by atoms with Gasteiger partial charge in [0.25, 0.3) is 11.8 Å². The summed E-state index contributed by atoms with van der Waals surface area (Å²) in [5.41, 5.74) is 1.55. The van der Waals surface area contributed by atoms with E-state index in [1.54, 1.807) is 30.3 Å². The van der Waals surface area contributed by atoms with Crippen LogP contribution in [0.3, 0.4) is 0 Å². The number of amides is 3. The third-order valence-electron chi connectivity index (χ3n) is 4.51. The van der Waals surface area contributed by atoms with Crippen LogP contribution in [0, 0.1) is 0 Å². The molecule has 3 amide bonds. The fraction of sp³-hybridized carbons (Fsp3) is 0.300. The number of nitrogens with one attached hydrogen (secondary N) is 2. The second-order valence-corrected chi connectivity index (χ2v) is 6.74. The Hall–Kier alpha value is -3.26. The summed E-state index contributed by atoms with van der Waals surface area (Å²) in [6.45, 7) is 4.54. The third kappa shape index (κ3) is 4.92. The Labute approximate surface area is 163 Å². The Morgan fingerprint density at radius 2 is 1.61 bits per heavy atom. The zero-order valence-corrected chi connectivity index (χ0v) is 15.9. The van der Waals surface area contributed by atoms with Crippen molar-refractivity contribution < 1.29 is 14.4 Å². The van der Waals surface area contributed by atoms with Gasteiger partial charge in [0.1, 0.15) is 5.82 Å². The SMILES string of the molecule is CC(=O)Nc1cc(C(=O)Nc2ccc(C(=O)N3CCN(C)CC3)cc2)ccn1. The predicted octanol–water partition coefficient (Wildman–Crippen LogP) is 1.68. The quantitative estimate of drug-likeness (QED) is 0.840. The third-order valence-corrected chi connectivity index (χ3v) is 4.51. The molecule has 0 aliphatic carbocycles. The largest absolute Gasteiger partial charge is 0.336 e. The van der Waals surface area contributed by atoms with Crippen molar-refractivity contribution in [2.24, 2.45) is 0 Å². The Bertz CT molecular complexity index is 874. The van der Waals surface area contributed by atoms with Gasteiger partial charge >= 0.3 is 0 Å². The number of hydrogen-bond acceptors (Lipinski definition) is 5. The van der Waals surface area contributed by atoms with Crippen LogP contribution in [-0.2, 0) is 4.79 Å². The molecule has 0 spiro atoms. The molecule has 0 atom stereocenters. The smallest absolute Gasteiger partial charge is 0.255 e. The van der Waals surface area contributed by atoms with E-state index in [2.05, 4.69) is 20.5 Å². The molecule has 1 aliphatic rings. The molecule has 1 aromatic heterocycles. The van der Waals surface area contributed by atoms with Crippen molar-refractivity contribution >= 4 is 29.2 Å². The van der Waals surface area contributed by atoms with Gasteiger partial charge in [-0.2, -0.15) is 0 Å². The lowest BCUT2D eigenvalue weighted by atomic mass is 10.1. The fourth-order valence-corrected chi connectivity index (χ4v) is 2.91. The molecule has 1 aromatic carbocycles. The van der Waals surface area contributed by atoms with Crippen molar-refractivity contribution in [2.45, 2.75) is 6.92 Å². The maximum atomic E-state index is 12.6. The summed E-state index contributed by atoms with van der Waals surface area (Å²) in [5.74, 6) is -0.272. The highest BCUT2D eigenvalue weighted by atomic mass is 16.2. The van der Waals surface area contributed by atoms with Crippen molar-refractivity contribution in [3.8, 4) is 0 Å². The van der Waals surface area contributed by atoms with E-state index < -0.39 is 0 Å². The molecule has 1 fully saturated rings. The van der Waals surface area contributed by atoms with Gasteiger partial charge in [-0.25, -0.2) is 4.98 Å². The van der Waals surface area contributed by atoms with E-state index in [1.807, 2.05) is 11.9 Å². The van der Waals surface area contributed by atoms with E-state index in [0.717, 1.165) is 13.1 Å². The lowest BCUT2D eigenvalue weighted by Gasteiger charge is -2.32. The molecule has 0 radical (unpaired) electrons. The van der Waals surface area contributed by atoms with Crippen molar-refractivity contribution in [3.63, 3.8) is 0 Å². The molecule has 146 valence electrons. The zero-order chi connectivity index (χ0) is 20.1. The summed E-state index contributed by atoms with van der Waals surface area (Å²) in [7, 11) is 2.04. The molecule has 3 rings (SSSR count). The molecule has 2 heterocycles. The van der Waals surface area contributed by atoms with Crippen molar-refractivity contribution in [3.05, 3.63) is 53.7 Å². The van der Waals surface area contributed by atoms with Gasteiger partial charge in [0.05, 0.1) is 0 Å². The number of likely N-dealkylation sites (N-methyl/N-ethyl adjacent to an activating group) is 1. The Kier molecular flexibility index (Phi) is 6.00. The Morgan fingerprint density at radius 3 is 2.25 bits per heavy atom. The molecule has 28 heavy (non-hydrogen) atoms. The summed E-state index contributed by atoms with van der Waals surface area (Å²) in [6, 6.07) is 9.90. The summed E-state index contributed by atoms with van der Waals surface area (Å²) in [6.07, 6.45) is 1.46. The van der Waals surface area contributed by atoms with Crippen LogP contribution in [0.1, 0.15) is 27.6 Å². The van der Waals surface area contributed by atoms with Crippen LogP contribution in [-0.4, -0.2) is 65.7 Å². The molecule has 1 aliphatic heterocycles. The molecular formula is C20H23N5O3. The number of carbonyl (C=O) groups excluding carboxylic acids is 3. The second-order valence-electron chi connectivity index (χ2n) is 6.74. The lowest BCUT2D eigenvalue weighted by molar-refractivity contribution is -0.114. The van der Waals surface area contributed by atoms with Gasteiger partial charge < -0.3 is 20.4 Å². The van der Waals surface area contributed by atoms with Crippen LogP contribution >= 0.6 is 0 Å².